The molecule has 2 rings (SSSR count). The van der Waals surface area contributed by atoms with Crippen molar-refractivity contribution >= 4 is 22.4 Å². The molecule has 1 saturated heterocycles. The third-order valence-corrected chi connectivity index (χ3v) is 3.30. The van der Waals surface area contributed by atoms with E-state index in [0.29, 0.717) is 13.1 Å². The van der Waals surface area contributed by atoms with E-state index in [1.807, 2.05) is 11.9 Å². The molecule has 3 N–H and O–H groups in total. The Morgan fingerprint density at radius 3 is 3.06 bits per heavy atom. The van der Waals surface area contributed by atoms with Crippen LogP contribution in [0.1, 0.15) is 5.69 Å². The van der Waals surface area contributed by atoms with Crippen LogP contribution in [-0.4, -0.2) is 52.0 Å². The van der Waals surface area contributed by atoms with Crippen molar-refractivity contribution in [1.29, 1.82) is 0 Å². The third kappa shape index (κ3) is 2.29. The van der Waals surface area contributed by atoms with Crippen LogP contribution < -0.4 is 11.3 Å². The first kappa shape index (κ1) is 11.2. The molecule has 0 atom stereocenters. The number of nitrogens with one attached hydrogen (secondary N) is 1. The van der Waals surface area contributed by atoms with E-state index in [-0.39, 0.29) is 5.91 Å². The summed E-state index contributed by atoms with van der Waals surface area (Å²) < 4.78 is 3.82. The highest BCUT2D eigenvalue weighted by Gasteiger charge is 2.22. The second-order valence-corrected chi connectivity index (χ2v) is 4.47. The van der Waals surface area contributed by atoms with Crippen molar-refractivity contribution in [3.05, 3.63) is 5.69 Å². The minimum atomic E-state index is 0.136. The monoisotopic (exact) mass is 242 g/mol. The van der Waals surface area contributed by atoms with E-state index in [1.165, 1.54) is 11.5 Å². The Balaban J connectivity index is 1.98. The number of piperazine rings is 1. The normalized spacial score (nSPS) is 17.9. The molecule has 1 fully saturated rings. The molecular weight excluding hydrogens is 228 g/mol. The van der Waals surface area contributed by atoms with Crippen molar-refractivity contribution in [2.45, 2.75) is 6.54 Å². The lowest BCUT2D eigenvalue weighted by Gasteiger charge is -2.31. The predicted octanol–water partition coefficient (Wildman–Crippen LogP) is -0.902. The van der Waals surface area contributed by atoms with Gasteiger partial charge in [0.05, 0.1) is 6.54 Å². The van der Waals surface area contributed by atoms with Gasteiger partial charge in [0.15, 0.2) is 0 Å². The number of nitrogens with zero attached hydrogens (tertiary/aromatic N) is 4. The van der Waals surface area contributed by atoms with Crippen LogP contribution >= 0.6 is 11.5 Å². The summed E-state index contributed by atoms with van der Waals surface area (Å²) in [5.41, 5.74) is 3.35. The quantitative estimate of drug-likeness (QED) is 0.527. The Bertz CT molecular complexity index is 380. The first-order valence-electron chi connectivity index (χ1n) is 4.95. The topological polar surface area (TPSA) is 87.4 Å². The molecule has 0 bridgehead atoms. The molecule has 0 aromatic carbocycles. The lowest BCUT2D eigenvalue weighted by molar-refractivity contribution is -0.134. The van der Waals surface area contributed by atoms with Crippen LogP contribution in [-0.2, 0) is 11.3 Å². The third-order valence-electron chi connectivity index (χ3n) is 2.60. The maximum Gasteiger partial charge on any atom is 0.236 e. The first-order chi connectivity index (χ1) is 7.70. The number of hydrogen-bond donors (Lipinski definition) is 2. The second-order valence-electron chi connectivity index (χ2n) is 3.72. The van der Waals surface area contributed by atoms with Crippen molar-refractivity contribution in [3.63, 3.8) is 0 Å². The van der Waals surface area contributed by atoms with E-state index in [4.69, 9.17) is 5.84 Å². The van der Waals surface area contributed by atoms with E-state index >= 15 is 0 Å². The smallest absolute Gasteiger partial charge is 0.236 e. The number of anilines is 1. The van der Waals surface area contributed by atoms with Gasteiger partial charge in [0.1, 0.15) is 10.7 Å². The van der Waals surface area contributed by atoms with Crippen LogP contribution in [0.5, 0.6) is 0 Å². The van der Waals surface area contributed by atoms with Crippen molar-refractivity contribution < 1.29 is 4.79 Å². The molecule has 1 aromatic heterocycles. The molecule has 0 aliphatic carbocycles. The van der Waals surface area contributed by atoms with Gasteiger partial charge in [-0.3, -0.25) is 9.69 Å². The number of amides is 1. The van der Waals surface area contributed by atoms with Gasteiger partial charge in [-0.25, -0.2) is 5.84 Å². The van der Waals surface area contributed by atoms with Gasteiger partial charge in [0.2, 0.25) is 5.91 Å². The van der Waals surface area contributed by atoms with Crippen LogP contribution in [0.15, 0.2) is 0 Å². The number of carbonyl (C=O) groups excluding carboxylic acids is 1. The lowest BCUT2D eigenvalue weighted by atomic mass is 10.3. The molecule has 0 saturated carbocycles. The highest BCUT2D eigenvalue weighted by Crippen LogP contribution is 2.18. The average Bonchev–Trinajstić information content (AvgIpc) is 2.71. The van der Waals surface area contributed by atoms with E-state index < -0.39 is 0 Å². The number of nitrogens with two attached hydrogens (primary N) is 1. The van der Waals surface area contributed by atoms with E-state index in [0.717, 1.165) is 23.8 Å². The fourth-order valence-corrected chi connectivity index (χ4v) is 2.06. The summed E-state index contributed by atoms with van der Waals surface area (Å²) >= 11 is 1.22. The molecule has 8 heteroatoms. The van der Waals surface area contributed by atoms with Crippen LogP contribution in [0.4, 0.5) is 5.00 Å². The van der Waals surface area contributed by atoms with Crippen molar-refractivity contribution in [3.8, 4) is 0 Å². The molecule has 1 aliphatic heterocycles. The van der Waals surface area contributed by atoms with E-state index in [1.54, 1.807) is 4.90 Å². The van der Waals surface area contributed by atoms with Gasteiger partial charge in [-0.15, -0.1) is 5.10 Å². The SMILES string of the molecule is CN1CCN(Cc2nnsc2NN)CC1=O. The summed E-state index contributed by atoms with van der Waals surface area (Å²) in [5.74, 6) is 5.47. The minimum Gasteiger partial charge on any atom is -0.343 e. The molecule has 1 aliphatic rings. The zero-order valence-electron chi connectivity index (χ0n) is 9.01. The number of aromatic nitrogens is 2. The van der Waals surface area contributed by atoms with Gasteiger partial charge < -0.3 is 10.3 Å². The van der Waals surface area contributed by atoms with E-state index in [2.05, 4.69) is 15.0 Å². The van der Waals surface area contributed by atoms with E-state index in [9.17, 15) is 4.79 Å². The Morgan fingerprint density at radius 1 is 1.56 bits per heavy atom. The Hall–Kier alpha value is -1.25. The van der Waals surface area contributed by atoms with Gasteiger partial charge in [0.25, 0.3) is 0 Å². The number of carbonyl (C=O) groups is 1. The summed E-state index contributed by atoms with van der Waals surface area (Å²) in [5, 5.41) is 4.74. The number of hydrazine groups is 1. The number of rotatable bonds is 3. The maximum atomic E-state index is 11.5. The van der Waals surface area contributed by atoms with Gasteiger partial charge in [-0.1, -0.05) is 4.49 Å². The van der Waals surface area contributed by atoms with Crippen molar-refractivity contribution in [1.82, 2.24) is 19.4 Å². The molecule has 88 valence electrons. The molecule has 0 unspecified atom stereocenters. The Labute approximate surface area is 97.3 Å². The van der Waals surface area contributed by atoms with Crippen LogP contribution in [0, 0.1) is 0 Å². The molecule has 0 radical (unpaired) electrons. The summed E-state index contributed by atoms with van der Waals surface area (Å²) in [7, 11) is 1.82. The summed E-state index contributed by atoms with van der Waals surface area (Å²) in [6.45, 7) is 2.64. The van der Waals surface area contributed by atoms with Crippen molar-refractivity contribution in [2.75, 3.05) is 32.1 Å². The molecule has 7 nitrogen and oxygen atoms in total. The van der Waals surface area contributed by atoms with Crippen LogP contribution in [0.25, 0.3) is 0 Å². The minimum absolute atomic E-state index is 0.136. The van der Waals surface area contributed by atoms with Gasteiger partial charge in [0, 0.05) is 38.2 Å². The molecule has 1 amide bonds. The van der Waals surface area contributed by atoms with Crippen LogP contribution in [0.3, 0.4) is 0 Å². The molecular formula is C8H14N6OS. The number of nitrogen functional groups attached to an aromatic ring is 1. The zero-order chi connectivity index (χ0) is 11.5. The van der Waals surface area contributed by atoms with Crippen molar-refractivity contribution in [2.24, 2.45) is 5.84 Å². The molecule has 16 heavy (non-hydrogen) atoms. The fraction of sp³-hybridized carbons (Fsp3) is 0.625. The maximum absolute atomic E-state index is 11.5. The van der Waals surface area contributed by atoms with Gasteiger partial charge in [-0.05, 0) is 0 Å². The highest BCUT2D eigenvalue weighted by atomic mass is 32.1. The summed E-state index contributed by atoms with van der Waals surface area (Å²) in [6, 6.07) is 0. The summed E-state index contributed by atoms with van der Waals surface area (Å²) in [4.78, 5) is 15.3. The lowest BCUT2D eigenvalue weighted by Crippen LogP contribution is -2.48. The average molecular weight is 242 g/mol. The van der Waals surface area contributed by atoms with Gasteiger partial charge >= 0.3 is 0 Å². The second kappa shape index (κ2) is 4.73. The molecule has 0 spiro atoms. The number of hydrogen-bond acceptors (Lipinski definition) is 7. The Kier molecular flexibility index (Phi) is 3.32. The Morgan fingerprint density at radius 2 is 2.38 bits per heavy atom. The first-order valence-corrected chi connectivity index (χ1v) is 5.72. The van der Waals surface area contributed by atoms with Gasteiger partial charge in [-0.2, -0.15) is 0 Å². The largest absolute Gasteiger partial charge is 0.343 e. The molecule has 1 aromatic rings. The zero-order valence-corrected chi connectivity index (χ0v) is 9.83. The van der Waals surface area contributed by atoms with Crippen LogP contribution in [0.2, 0.25) is 0 Å². The predicted molar refractivity (Wildman–Crippen MR) is 60.6 cm³/mol. The molecule has 2 heterocycles. The highest BCUT2D eigenvalue weighted by molar-refractivity contribution is 7.10. The summed E-state index contributed by atoms with van der Waals surface area (Å²) in [6.07, 6.45) is 0. The standard InChI is InChI=1S/C8H14N6OS/c1-13-2-3-14(5-7(13)15)4-6-8(10-9)16-12-11-6/h10H,2-5,9H2,1H3. The fourth-order valence-electron chi connectivity index (χ4n) is 1.58. The number of likely N-dealkylation sites (N-methyl/N-ethyl adjacent to an activating group) is 1.